The number of hydrogen-bond acceptors (Lipinski definition) is 3. The SMILES string of the molecule is O=C(CCc1ccccc1Br)N(Cc1ccco1)Cc1cccs1. The van der Waals surface area contributed by atoms with Crippen LogP contribution in [-0.2, 0) is 24.3 Å². The zero-order valence-electron chi connectivity index (χ0n) is 13.2. The van der Waals surface area contributed by atoms with Crippen molar-refractivity contribution >= 4 is 33.2 Å². The maximum Gasteiger partial charge on any atom is 0.223 e. The molecule has 0 unspecified atom stereocenters. The highest BCUT2D eigenvalue weighted by Gasteiger charge is 2.16. The van der Waals surface area contributed by atoms with Crippen molar-refractivity contribution in [1.29, 1.82) is 0 Å². The fraction of sp³-hybridized carbons (Fsp3) is 0.211. The van der Waals surface area contributed by atoms with Crippen LogP contribution in [0, 0.1) is 0 Å². The molecular weight excluding hydrogens is 386 g/mol. The average molecular weight is 404 g/mol. The lowest BCUT2D eigenvalue weighted by molar-refractivity contribution is -0.132. The Kier molecular flexibility index (Phi) is 5.88. The molecule has 0 aliphatic carbocycles. The van der Waals surface area contributed by atoms with Gasteiger partial charge in [0.25, 0.3) is 0 Å². The number of carbonyl (C=O) groups excluding carboxylic acids is 1. The number of carbonyl (C=O) groups is 1. The van der Waals surface area contributed by atoms with Gasteiger partial charge in [0, 0.05) is 15.8 Å². The van der Waals surface area contributed by atoms with E-state index in [-0.39, 0.29) is 5.91 Å². The van der Waals surface area contributed by atoms with Crippen molar-refractivity contribution in [3.8, 4) is 0 Å². The van der Waals surface area contributed by atoms with E-state index in [0.717, 1.165) is 22.2 Å². The van der Waals surface area contributed by atoms with Gasteiger partial charge in [-0.15, -0.1) is 11.3 Å². The van der Waals surface area contributed by atoms with Gasteiger partial charge < -0.3 is 9.32 Å². The third-order valence-corrected chi connectivity index (χ3v) is 5.41. The van der Waals surface area contributed by atoms with E-state index in [0.29, 0.717) is 19.5 Å². The minimum absolute atomic E-state index is 0.135. The van der Waals surface area contributed by atoms with Gasteiger partial charge in [-0.3, -0.25) is 4.79 Å². The number of rotatable bonds is 7. The van der Waals surface area contributed by atoms with Gasteiger partial charge in [0.05, 0.1) is 19.4 Å². The Morgan fingerprint density at radius 1 is 1.08 bits per heavy atom. The predicted molar refractivity (Wildman–Crippen MR) is 99.7 cm³/mol. The number of amides is 1. The molecule has 24 heavy (non-hydrogen) atoms. The van der Waals surface area contributed by atoms with E-state index in [2.05, 4.69) is 22.0 Å². The van der Waals surface area contributed by atoms with Crippen molar-refractivity contribution in [2.45, 2.75) is 25.9 Å². The first-order valence-electron chi connectivity index (χ1n) is 7.78. The first kappa shape index (κ1) is 17.0. The summed E-state index contributed by atoms with van der Waals surface area (Å²) >= 11 is 5.21. The van der Waals surface area contributed by atoms with Crippen LogP contribution in [0.3, 0.4) is 0 Å². The highest BCUT2D eigenvalue weighted by atomic mass is 79.9. The van der Waals surface area contributed by atoms with E-state index in [4.69, 9.17) is 4.42 Å². The number of benzene rings is 1. The normalized spacial score (nSPS) is 10.7. The zero-order valence-corrected chi connectivity index (χ0v) is 15.6. The summed E-state index contributed by atoms with van der Waals surface area (Å²) in [7, 11) is 0. The summed E-state index contributed by atoms with van der Waals surface area (Å²) in [5, 5.41) is 2.03. The summed E-state index contributed by atoms with van der Waals surface area (Å²) in [4.78, 5) is 15.8. The smallest absolute Gasteiger partial charge is 0.223 e. The Balaban J connectivity index is 1.67. The first-order valence-corrected chi connectivity index (χ1v) is 9.45. The van der Waals surface area contributed by atoms with Crippen molar-refractivity contribution in [3.63, 3.8) is 0 Å². The molecule has 3 nitrogen and oxygen atoms in total. The van der Waals surface area contributed by atoms with Crippen LogP contribution < -0.4 is 0 Å². The molecule has 1 amide bonds. The summed E-state index contributed by atoms with van der Waals surface area (Å²) in [5.41, 5.74) is 1.15. The molecule has 2 heterocycles. The summed E-state index contributed by atoms with van der Waals surface area (Å²) in [6.45, 7) is 1.12. The molecule has 0 aliphatic heterocycles. The van der Waals surface area contributed by atoms with Gasteiger partial charge in [-0.25, -0.2) is 0 Å². The molecule has 5 heteroatoms. The molecule has 0 bridgehead atoms. The van der Waals surface area contributed by atoms with Crippen molar-refractivity contribution in [2.24, 2.45) is 0 Å². The van der Waals surface area contributed by atoms with Crippen LogP contribution in [0.5, 0.6) is 0 Å². The molecule has 0 spiro atoms. The third-order valence-electron chi connectivity index (χ3n) is 3.77. The lowest BCUT2D eigenvalue weighted by Gasteiger charge is -2.21. The number of halogens is 1. The van der Waals surface area contributed by atoms with Crippen molar-refractivity contribution in [1.82, 2.24) is 4.90 Å². The van der Waals surface area contributed by atoms with E-state index in [1.165, 1.54) is 4.88 Å². The largest absolute Gasteiger partial charge is 0.467 e. The average Bonchev–Trinajstić information content (AvgIpc) is 3.27. The fourth-order valence-electron chi connectivity index (χ4n) is 2.51. The number of aryl methyl sites for hydroxylation is 1. The monoisotopic (exact) mass is 403 g/mol. The number of furan rings is 1. The Morgan fingerprint density at radius 3 is 2.67 bits per heavy atom. The van der Waals surface area contributed by atoms with E-state index in [1.807, 2.05) is 52.7 Å². The molecule has 124 valence electrons. The maximum atomic E-state index is 12.8. The van der Waals surface area contributed by atoms with Crippen LogP contribution in [-0.4, -0.2) is 10.8 Å². The molecule has 0 aliphatic rings. The fourth-order valence-corrected chi connectivity index (χ4v) is 3.72. The van der Waals surface area contributed by atoms with Gasteiger partial charge in [0.1, 0.15) is 5.76 Å². The molecule has 0 saturated heterocycles. The van der Waals surface area contributed by atoms with Gasteiger partial charge in [-0.2, -0.15) is 0 Å². The van der Waals surface area contributed by atoms with Crippen LogP contribution in [0.2, 0.25) is 0 Å². The quantitative estimate of drug-likeness (QED) is 0.538. The van der Waals surface area contributed by atoms with Gasteiger partial charge in [-0.1, -0.05) is 40.2 Å². The minimum atomic E-state index is 0.135. The van der Waals surface area contributed by atoms with Crippen LogP contribution in [0.25, 0.3) is 0 Å². The number of thiophene rings is 1. The maximum absolute atomic E-state index is 12.8. The summed E-state index contributed by atoms with van der Waals surface area (Å²) in [6, 6.07) is 15.9. The second-order valence-electron chi connectivity index (χ2n) is 5.50. The van der Waals surface area contributed by atoms with E-state index in [9.17, 15) is 4.79 Å². The molecule has 0 radical (unpaired) electrons. The van der Waals surface area contributed by atoms with E-state index in [1.54, 1.807) is 17.6 Å². The second-order valence-corrected chi connectivity index (χ2v) is 7.39. The van der Waals surface area contributed by atoms with Crippen molar-refractivity contribution < 1.29 is 9.21 Å². The molecule has 2 aromatic heterocycles. The second kappa shape index (κ2) is 8.31. The van der Waals surface area contributed by atoms with Gasteiger partial charge in [-0.05, 0) is 41.6 Å². The van der Waals surface area contributed by atoms with Crippen LogP contribution in [0.15, 0.2) is 69.1 Å². The molecule has 0 saturated carbocycles. The van der Waals surface area contributed by atoms with Crippen LogP contribution >= 0.6 is 27.3 Å². The van der Waals surface area contributed by atoms with E-state index >= 15 is 0 Å². The Bertz CT molecular complexity index is 732. The zero-order chi connectivity index (χ0) is 16.8. The molecular formula is C19H18BrNO2S. The predicted octanol–water partition coefficient (Wildman–Crippen LogP) is 5.27. The summed E-state index contributed by atoms with van der Waals surface area (Å²) < 4.78 is 6.47. The van der Waals surface area contributed by atoms with E-state index < -0.39 is 0 Å². The lowest BCUT2D eigenvalue weighted by atomic mass is 10.1. The summed E-state index contributed by atoms with van der Waals surface area (Å²) in [6.07, 6.45) is 2.85. The Morgan fingerprint density at radius 2 is 1.96 bits per heavy atom. The highest BCUT2D eigenvalue weighted by Crippen LogP contribution is 2.20. The summed E-state index contributed by atoms with van der Waals surface area (Å²) in [5.74, 6) is 0.941. The Hall–Kier alpha value is -1.85. The van der Waals surface area contributed by atoms with Crippen molar-refractivity contribution in [3.05, 3.63) is 80.8 Å². The molecule has 3 aromatic rings. The van der Waals surface area contributed by atoms with Crippen LogP contribution in [0.1, 0.15) is 22.6 Å². The van der Waals surface area contributed by atoms with Crippen molar-refractivity contribution in [2.75, 3.05) is 0 Å². The highest BCUT2D eigenvalue weighted by molar-refractivity contribution is 9.10. The lowest BCUT2D eigenvalue weighted by Crippen LogP contribution is -2.29. The molecule has 0 atom stereocenters. The van der Waals surface area contributed by atoms with Gasteiger partial charge in [0.15, 0.2) is 0 Å². The number of nitrogens with zero attached hydrogens (tertiary/aromatic N) is 1. The molecule has 0 fully saturated rings. The third kappa shape index (κ3) is 4.58. The Labute approximate surface area is 154 Å². The first-order chi connectivity index (χ1) is 11.7. The standard InChI is InChI=1S/C19H18BrNO2S/c20-18-8-2-1-5-15(18)9-10-19(22)21(13-16-6-3-11-23-16)14-17-7-4-12-24-17/h1-8,11-12H,9-10,13-14H2. The number of hydrogen-bond donors (Lipinski definition) is 0. The molecule has 1 aromatic carbocycles. The topological polar surface area (TPSA) is 33.5 Å². The van der Waals surface area contributed by atoms with Gasteiger partial charge >= 0.3 is 0 Å². The van der Waals surface area contributed by atoms with Gasteiger partial charge in [0.2, 0.25) is 5.91 Å². The minimum Gasteiger partial charge on any atom is -0.467 e. The molecule has 3 rings (SSSR count). The molecule has 0 N–H and O–H groups in total. The van der Waals surface area contributed by atoms with Crippen LogP contribution in [0.4, 0.5) is 0 Å².